The highest BCUT2D eigenvalue weighted by Crippen LogP contribution is 2.22. The van der Waals surface area contributed by atoms with Gasteiger partial charge in [-0.05, 0) is 43.5 Å². The molecule has 0 radical (unpaired) electrons. The van der Waals surface area contributed by atoms with E-state index in [2.05, 4.69) is 6.07 Å². The summed E-state index contributed by atoms with van der Waals surface area (Å²) in [6.07, 6.45) is 0.956. The fourth-order valence-electron chi connectivity index (χ4n) is 1.21. The number of nitriles is 1. The minimum atomic E-state index is 0.626. The molecule has 14 heavy (non-hydrogen) atoms. The summed E-state index contributed by atoms with van der Waals surface area (Å²) in [6.45, 7) is 6.74. The van der Waals surface area contributed by atoms with Gasteiger partial charge in [-0.2, -0.15) is 5.26 Å². The van der Waals surface area contributed by atoms with E-state index >= 15 is 0 Å². The van der Waals surface area contributed by atoms with Gasteiger partial charge in [0.25, 0.3) is 0 Å². The molecule has 2 nitrogen and oxygen atoms in total. The van der Waals surface area contributed by atoms with Gasteiger partial charge in [0.15, 0.2) is 0 Å². The molecule has 0 saturated carbocycles. The Kier molecular flexibility index (Phi) is 3.53. The average Bonchev–Trinajstić information content (AvgIpc) is 2.19. The minimum Gasteiger partial charge on any atom is -0.492 e. The van der Waals surface area contributed by atoms with Crippen molar-refractivity contribution in [3.05, 3.63) is 28.8 Å². The second-order valence-electron chi connectivity index (χ2n) is 3.39. The molecule has 0 aromatic heterocycles. The fourth-order valence-corrected chi connectivity index (χ4v) is 1.21. The molecule has 1 aromatic carbocycles. The summed E-state index contributed by atoms with van der Waals surface area (Å²) in [5.74, 6) is 0.706. The second kappa shape index (κ2) is 4.66. The van der Waals surface area contributed by atoms with Crippen LogP contribution in [0.15, 0.2) is 12.1 Å². The van der Waals surface area contributed by atoms with Crippen LogP contribution in [-0.4, -0.2) is 6.61 Å². The topological polar surface area (TPSA) is 33.0 Å². The highest BCUT2D eigenvalue weighted by molar-refractivity contribution is 5.48. The van der Waals surface area contributed by atoms with Crippen LogP contribution in [0.5, 0.6) is 5.75 Å². The number of hydrogen-bond donors (Lipinski definition) is 0. The Morgan fingerprint density at radius 1 is 1.29 bits per heavy atom. The Balaban J connectivity index is 3.02. The van der Waals surface area contributed by atoms with E-state index < -0.39 is 0 Å². The van der Waals surface area contributed by atoms with Crippen LogP contribution < -0.4 is 4.74 Å². The summed E-state index contributed by atoms with van der Waals surface area (Å²) in [7, 11) is 0. The Labute approximate surface area is 85.1 Å². The van der Waals surface area contributed by atoms with Crippen molar-refractivity contribution in [1.82, 2.24) is 0 Å². The summed E-state index contributed by atoms with van der Waals surface area (Å²) in [5.41, 5.74) is 2.92. The quantitative estimate of drug-likeness (QED) is 0.732. The molecule has 74 valence electrons. The highest BCUT2D eigenvalue weighted by Gasteiger charge is 2.05. The van der Waals surface area contributed by atoms with Crippen LogP contribution in [0, 0.1) is 25.2 Å². The maximum atomic E-state index is 8.90. The molecule has 0 aliphatic carbocycles. The van der Waals surface area contributed by atoms with Crippen molar-refractivity contribution in [3.63, 3.8) is 0 Å². The maximum absolute atomic E-state index is 8.90. The first-order chi connectivity index (χ1) is 6.69. The number of nitrogens with zero attached hydrogens (tertiary/aromatic N) is 1. The number of ether oxygens (including phenoxy) is 1. The van der Waals surface area contributed by atoms with Crippen molar-refractivity contribution in [1.29, 1.82) is 5.26 Å². The van der Waals surface area contributed by atoms with E-state index in [0.29, 0.717) is 17.9 Å². The van der Waals surface area contributed by atoms with Crippen molar-refractivity contribution in [2.75, 3.05) is 6.61 Å². The van der Waals surface area contributed by atoms with Gasteiger partial charge in [0.2, 0.25) is 0 Å². The lowest BCUT2D eigenvalue weighted by molar-refractivity contribution is 0.316. The molecular formula is C12H15NO. The average molecular weight is 189 g/mol. The van der Waals surface area contributed by atoms with Crippen LogP contribution in [0.3, 0.4) is 0 Å². The van der Waals surface area contributed by atoms with E-state index in [0.717, 1.165) is 17.5 Å². The lowest BCUT2D eigenvalue weighted by Crippen LogP contribution is -1.98. The standard InChI is InChI=1S/C12H15NO/c1-4-5-14-12-7-10(3)9(2)6-11(12)8-13/h6-7H,4-5H2,1-3H3. The first kappa shape index (κ1) is 10.6. The number of benzene rings is 1. The van der Waals surface area contributed by atoms with Gasteiger partial charge in [-0.25, -0.2) is 0 Å². The van der Waals surface area contributed by atoms with E-state index in [-0.39, 0.29) is 0 Å². The third kappa shape index (κ3) is 2.26. The van der Waals surface area contributed by atoms with Crippen molar-refractivity contribution in [2.45, 2.75) is 27.2 Å². The van der Waals surface area contributed by atoms with Gasteiger partial charge in [0.05, 0.1) is 12.2 Å². The van der Waals surface area contributed by atoms with Gasteiger partial charge in [-0.1, -0.05) is 6.92 Å². The molecule has 0 unspecified atom stereocenters. The third-order valence-corrected chi connectivity index (χ3v) is 2.18. The van der Waals surface area contributed by atoms with Crippen LogP contribution >= 0.6 is 0 Å². The smallest absolute Gasteiger partial charge is 0.137 e. The molecule has 0 spiro atoms. The monoisotopic (exact) mass is 189 g/mol. The Morgan fingerprint density at radius 2 is 1.93 bits per heavy atom. The van der Waals surface area contributed by atoms with E-state index in [4.69, 9.17) is 10.00 Å². The highest BCUT2D eigenvalue weighted by atomic mass is 16.5. The molecule has 0 atom stereocenters. The van der Waals surface area contributed by atoms with Gasteiger partial charge in [-0.15, -0.1) is 0 Å². The summed E-state index contributed by atoms with van der Waals surface area (Å²) in [4.78, 5) is 0. The fraction of sp³-hybridized carbons (Fsp3) is 0.417. The zero-order valence-electron chi connectivity index (χ0n) is 8.92. The summed E-state index contributed by atoms with van der Waals surface area (Å²) < 4.78 is 5.49. The molecule has 0 amide bonds. The molecule has 0 saturated heterocycles. The van der Waals surface area contributed by atoms with Crippen LogP contribution in [0.25, 0.3) is 0 Å². The molecule has 0 aliphatic heterocycles. The first-order valence-electron chi connectivity index (χ1n) is 4.83. The van der Waals surface area contributed by atoms with E-state index in [1.165, 1.54) is 0 Å². The normalized spacial score (nSPS) is 9.57. The molecule has 0 fully saturated rings. The Bertz CT molecular complexity index is 363. The Hall–Kier alpha value is -1.49. The predicted octanol–water partition coefficient (Wildman–Crippen LogP) is 2.96. The largest absolute Gasteiger partial charge is 0.492 e. The summed E-state index contributed by atoms with van der Waals surface area (Å²) in [6, 6.07) is 5.96. The lowest BCUT2D eigenvalue weighted by atomic mass is 10.1. The van der Waals surface area contributed by atoms with Gasteiger partial charge in [-0.3, -0.25) is 0 Å². The predicted molar refractivity (Wildman–Crippen MR) is 56.4 cm³/mol. The first-order valence-corrected chi connectivity index (χ1v) is 4.83. The second-order valence-corrected chi connectivity index (χ2v) is 3.39. The molecule has 1 aromatic rings. The molecule has 0 N–H and O–H groups in total. The van der Waals surface area contributed by atoms with Gasteiger partial charge >= 0.3 is 0 Å². The van der Waals surface area contributed by atoms with Crippen molar-refractivity contribution in [2.24, 2.45) is 0 Å². The molecule has 0 aliphatic rings. The zero-order valence-corrected chi connectivity index (χ0v) is 8.92. The van der Waals surface area contributed by atoms with E-state index in [1.807, 2.05) is 32.9 Å². The summed E-state index contributed by atoms with van der Waals surface area (Å²) in [5, 5.41) is 8.90. The summed E-state index contributed by atoms with van der Waals surface area (Å²) >= 11 is 0. The SMILES string of the molecule is CCCOc1cc(C)c(C)cc1C#N. The van der Waals surface area contributed by atoms with Crippen LogP contribution in [0.1, 0.15) is 30.0 Å². The van der Waals surface area contributed by atoms with Crippen LogP contribution in [0.4, 0.5) is 0 Å². The molecule has 0 bridgehead atoms. The molecule has 2 heteroatoms. The number of aryl methyl sites for hydroxylation is 2. The number of rotatable bonds is 3. The lowest BCUT2D eigenvalue weighted by Gasteiger charge is -2.09. The minimum absolute atomic E-state index is 0.626. The van der Waals surface area contributed by atoms with Gasteiger partial charge in [0.1, 0.15) is 11.8 Å². The van der Waals surface area contributed by atoms with Crippen molar-refractivity contribution < 1.29 is 4.74 Å². The van der Waals surface area contributed by atoms with Gasteiger partial charge in [0, 0.05) is 0 Å². The molecule has 0 heterocycles. The van der Waals surface area contributed by atoms with Gasteiger partial charge < -0.3 is 4.74 Å². The Morgan fingerprint density at radius 3 is 2.50 bits per heavy atom. The zero-order chi connectivity index (χ0) is 10.6. The van der Waals surface area contributed by atoms with Crippen molar-refractivity contribution in [3.8, 4) is 11.8 Å². The van der Waals surface area contributed by atoms with Crippen molar-refractivity contribution >= 4 is 0 Å². The van der Waals surface area contributed by atoms with Crippen LogP contribution in [-0.2, 0) is 0 Å². The van der Waals surface area contributed by atoms with E-state index in [9.17, 15) is 0 Å². The molecule has 1 rings (SSSR count). The maximum Gasteiger partial charge on any atom is 0.137 e. The number of hydrogen-bond acceptors (Lipinski definition) is 2. The van der Waals surface area contributed by atoms with Crippen LogP contribution in [0.2, 0.25) is 0 Å². The third-order valence-electron chi connectivity index (χ3n) is 2.18. The molecular weight excluding hydrogens is 174 g/mol. The van der Waals surface area contributed by atoms with E-state index in [1.54, 1.807) is 0 Å².